The van der Waals surface area contributed by atoms with Crippen molar-refractivity contribution in [3.8, 4) is 5.75 Å². The van der Waals surface area contributed by atoms with Gasteiger partial charge in [0.1, 0.15) is 11.6 Å². The first-order chi connectivity index (χ1) is 8.58. The van der Waals surface area contributed by atoms with Crippen LogP contribution in [-0.4, -0.2) is 19.1 Å². The Kier molecular flexibility index (Phi) is 5.58. The van der Waals surface area contributed by atoms with Crippen LogP contribution in [0.25, 0.3) is 0 Å². The highest BCUT2D eigenvalue weighted by atomic mass is 19.1. The molecule has 1 aromatic carbocycles. The van der Waals surface area contributed by atoms with Gasteiger partial charge in [-0.15, -0.1) is 0 Å². The molecule has 1 amide bonds. The van der Waals surface area contributed by atoms with Crippen molar-refractivity contribution in [1.82, 2.24) is 0 Å². The summed E-state index contributed by atoms with van der Waals surface area (Å²) in [4.78, 5) is 11.7. The van der Waals surface area contributed by atoms with Crippen LogP contribution in [0.3, 0.4) is 0 Å². The SMILES string of the molecule is CCCOc1cc(F)ccc1NC(=O)C(C)CN. The highest BCUT2D eigenvalue weighted by Crippen LogP contribution is 2.26. The number of carbonyl (C=O) groups excluding carboxylic acids is 1. The number of nitrogens with one attached hydrogen (secondary N) is 1. The highest BCUT2D eigenvalue weighted by Gasteiger charge is 2.14. The van der Waals surface area contributed by atoms with E-state index in [9.17, 15) is 9.18 Å². The fourth-order valence-electron chi connectivity index (χ4n) is 1.29. The van der Waals surface area contributed by atoms with Crippen LogP contribution in [0.2, 0.25) is 0 Å². The van der Waals surface area contributed by atoms with E-state index in [-0.39, 0.29) is 18.4 Å². The molecule has 1 rings (SSSR count). The van der Waals surface area contributed by atoms with Gasteiger partial charge in [-0.25, -0.2) is 4.39 Å². The molecule has 0 aromatic heterocycles. The van der Waals surface area contributed by atoms with E-state index in [0.717, 1.165) is 6.42 Å². The second kappa shape index (κ2) is 6.96. The zero-order valence-corrected chi connectivity index (χ0v) is 10.7. The summed E-state index contributed by atoms with van der Waals surface area (Å²) in [5, 5.41) is 2.69. The van der Waals surface area contributed by atoms with Crippen LogP contribution < -0.4 is 15.8 Å². The molecule has 100 valence electrons. The highest BCUT2D eigenvalue weighted by molar-refractivity contribution is 5.93. The van der Waals surface area contributed by atoms with Crippen LogP contribution in [0.5, 0.6) is 5.75 Å². The topological polar surface area (TPSA) is 64.3 Å². The van der Waals surface area contributed by atoms with Crippen LogP contribution >= 0.6 is 0 Å². The zero-order chi connectivity index (χ0) is 13.5. The van der Waals surface area contributed by atoms with Gasteiger partial charge >= 0.3 is 0 Å². The second-order valence-corrected chi connectivity index (χ2v) is 4.11. The summed E-state index contributed by atoms with van der Waals surface area (Å²) in [5.74, 6) is -0.556. The van der Waals surface area contributed by atoms with Gasteiger partial charge in [0.05, 0.1) is 12.3 Å². The van der Waals surface area contributed by atoms with Gasteiger partial charge < -0.3 is 15.8 Å². The minimum absolute atomic E-state index is 0.203. The van der Waals surface area contributed by atoms with Crippen molar-refractivity contribution in [2.45, 2.75) is 20.3 Å². The van der Waals surface area contributed by atoms with Gasteiger partial charge in [0.15, 0.2) is 0 Å². The molecule has 0 aliphatic heterocycles. The monoisotopic (exact) mass is 254 g/mol. The van der Waals surface area contributed by atoms with Crippen molar-refractivity contribution in [2.75, 3.05) is 18.5 Å². The summed E-state index contributed by atoms with van der Waals surface area (Å²) in [7, 11) is 0. The number of hydrogen-bond acceptors (Lipinski definition) is 3. The van der Waals surface area contributed by atoms with E-state index in [1.807, 2.05) is 6.92 Å². The largest absolute Gasteiger partial charge is 0.491 e. The van der Waals surface area contributed by atoms with Crippen molar-refractivity contribution in [1.29, 1.82) is 0 Å². The lowest BCUT2D eigenvalue weighted by molar-refractivity contribution is -0.119. The van der Waals surface area contributed by atoms with E-state index in [1.165, 1.54) is 18.2 Å². The molecular weight excluding hydrogens is 235 g/mol. The van der Waals surface area contributed by atoms with E-state index in [0.29, 0.717) is 18.0 Å². The number of halogens is 1. The number of anilines is 1. The lowest BCUT2D eigenvalue weighted by atomic mass is 10.1. The molecule has 0 bridgehead atoms. The summed E-state index contributed by atoms with van der Waals surface area (Å²) in [5.41, 5.74) is 5.88. The third kappa shape index (κ3) is 4.00. The Morgan fingerprint density at radius 1 is 1.56 bits per heavy atom. The van der Waals surface area contributed by atoms with Crippen LogP contribution in [0.1, 0.15) is 20.3 Å². The Balaban J connectivity index is 2.83. The molecule has 0 radical (unpaired) electrons. The first kappa shape index (κ1) is 14.4. The van der Waals surface area contributed by atoms with Gasteiger partial charge in [0, 0.05) is 18.5 Å². The molecule has 3 N–H and O–H groups in total. The van der Waals surface area contributed by atoms with Crippen LogP contribution in [0.4, 0.5) is 10.1 Å². The summed E-state index contributed by atoms with van der Waals surface area (Å²) >= 11 is 0. The number of hydrogen-bond donors (Lipinski definition) is 2. The lowest BCUT2D eigenvalue weighted by Crippen LogP contribution is -2.26. The van der Waals surface area contributed by atoms with Gasteiger partial charge in [0.25, 0.3) is 0 Å². The van der Waals surface area contributed by atoms with Gasteiger partial charge in [0.2, 0.25) is 5.91 Å². The van der Waals surface area contributed by atoms with E-state index in [1.54, 1.807) is 6.92 Å². The van der Waals surface area contributed by atoms with E-state index >= 15 is 0 Å². The number of carbonyl (C=O) groups is 1. The second-order valence-electron chi connectivity index (χ2n) is 4.11. The maximum Gasteiger partial charge on any atom is 0.228 e. The normalized spacial score (nSPS) is 12.0. The van der Waals surface area contributed by atoms with Gasteiger partial charge in [-0.2, -0.15) is 0 Å². The molecule has 4 nitrogen and oxygen atoms in total. The lowest BCUT2D eigenvalue weighted by Gasteiger charge is -2.14. The van der Waals surface area contributed by atoms with Crippen molar-refractivity contribution >= 4 is 11.6 Å². The summed E-state index contributed by atoms with van der Waals surface area (Å²) < 4.78 is 18.5. The maximum atomic E-state index is 13.1. The zero-order valence-electron chi connectivity index (χ0n) is 10.7. The van der Waals surface area contributed by atoms with Crippen molar-refractivity contribution in [3.05, 3.63) is 24.0 Å². The van der Waals surface area contributed by atoms with Gasteiger partial charge in [-0.3, -0.25) is 4.79 Å². The fourth-order valence-corrected chi connectivity index (χ4v) is 1.29. The smallest absolute Gasteiger partial charge is 0.228 e. The van der Waals surface area contributed by atoms with Crippen molar-refractivity contribution in [3.63, 3.8) is 0 Å². The molecule has 0 saturated carbocycles. The molecule has 0 fully saturated rings. The molecule has 18 heavy (non-hydrogen) atoms. The first-order valence-corrected chi connectivity index (χ1v) is 6.01. The first-order valence-electron chi connectivity index (χ1n) is 6.01. The molecule has 0 aliphatic rings. The summed E-state index contributed by atoms with van der Waals surface area (Å²) in [6, 6.07) is 4.03. The number of ether oxygens (including phenoxy) is 1. The number of nitrogens with two attached hydrogens (primary N) is 1. The quantitative estimate of drug-likeness (QED) is 0.817. The summed E-state index contributed by atoms with van der Waals surface area (Å²) in [6.45, 7) is 4.41. The Morgan fingerprint density at radius 3 is 2.89 bits per heavy atom. The van der Waals surface area contributed by atoms with E-state index < -0.39 is 5.82 Å². The van der Waals surface area contributed by atoms with E-state index in [4.69, 9.17) is 10.5 Å². The molecular formula is C13H19FN2O2. The average Bonchev–Trinajstić information content (AvgIpc) is 2.37. The Bertz CT molecular complexity index is 410. The molecule has 1 atom stereocenters. The minimum atomic E-state index is -0.397. The predicted octanol–water partition coefficient (Wildman–Crippen LogP) is 2.15. The van der Waals surface area contributed by atoms with Gasteiger partial charge in [-0.05, 0) is 18.6 Å². The molecule has 0 heterocycles. The van der Waals surface area contributed by atoms with Crippen LogP contribution in [0.15, 0.2) is 18.2 Å². The standard InChI is InChI=1S/C13H19FN2O2/c1-3-6-18-12-7-10(14)4-5-11(12)16-13(17)9(2)8-15/h4-5,7,9H,3,6,8,15H2,1-2H3,(H,16,17). The predicted molar refractivity (Wildman–Crippen MR) is 69.0 cm³/mol. The van der Waals surface area contributed by atoms with Crippen LogP contribution in [0, 0.1) is 11.7 Å². The average molecular weight is 254 g/mol. The Labute approximate surface area is 106 Å². The third-order valence-corrected chi connectivity index (χ3v) is 2.46. The molecule has 0 spiro atoms. The third-order valence-electron chi connectivity index (χ3n) is 2.46. The Hall–Kier alpha value is -1.62. The van der Waals surface area contributed by atoms with Crippen molar-refractivity contribution in [2.24, 2.45) is 11.7 Å². The molecule has 0 saturated heterocycles. The number of amides is 1. The van der Waals surface area contributed by atoms with Gasteiger partial charge in [-0.1, -0.05) is 13.8 Å². The molecule has 1 unspecified atom stereocenters. The summed E-state index contributed by atoms with van der Waals surface area (Å²) in [6.07, 6.45) is 0.809. The van der Waals surface area contributed by atoms with E-state index in [2.05, 4.69) is 5.32 Å². The maximum absolute atomic E-state index is 13.1. The molecule has 1 aromatic rings. The molecule has 5 heteroatoms. The number of benzene rings is 1. The number of rotatable bonds is 6. The van der Waals surface area contributed by atoms with Crippen molar-refractivity contribution < 1.29 is 13.9 Å². The Morgan fingerprint density at radius 2 is 2.28 bits per heavy atom. The molecule has 0 aliphatic carbocycles. The van der Waals surface area contributed by atoms with Crippen LogP contribution in [-0.2, 0) is 4.79 Å². The minimum Gasteiger partial charge on any atom is -0.491 e. The fraction of sp³-hybridized carbons (Fsp3) is 0.462.